The Morgan fingerprint density at radius 3 is 2.44 bits per heavy atom. The summed E-state index contributed by atoms with van der Waals surface area (Å²) in [5, 5.41) is 3.09. The summed E-state index contributed by atoms with van der Waals surface area (Å²) in [6, 6.07) is 0.376. The highest BCUT2D eigenvalue weighted by atomic mass is 16.1. The van der Waals surface area contributed by atoms with Gasteiger partial charge in [-0.15, -0.1) is 0 Å². The van der Waals surface area contributed by atoms with Crippen molar-refractivity contribution in [2.24, 2.45) is 5.73 Å². The van der Waals surface area contributed by atoms with E-state index in [-0.39, 0.29) is 5.91 Å². The molecule has 1 atom stereocenters. The summed E-state index contributed by atoms with van der Waals surface area (Å²) in [5.74, 6) is 0.216. The first-order valence-electron chi connectivity index (χ1n) is 6.74. The van der Waals surface area contributed by atoms with Crippen LogP contribution in [0.3, 0.4) is 0 Å². The first kappa shape index (κ1) is 15.4. The van der Waals surface area contributed by atoms with Crippen molar-refractivity contribution >= 4 is 5.91 Å². The molecule has 0 fully saturated rings. The van der Waals surface area contributed by atoms with Crippen LogP contribution in [0.15, 0.2) is 0 Å². The normalized spacial score (nSPS) is 12.4. The van der Waals surface area contributed by atoms with Gasteiger partial charge in [-0.3, -0.25) is 4.79 Å². The fraction of sp³-hybridized carbons (Fsp3) is 0.923. The molecule has 0 aliphatic rings. The van der Waals surface area contributed by atoms with E-state index < -0.39 is 0 Å². The Kier molecular flexibility index (Phi) is 10.5. The predicted molar refractivity (Wildman–Crippen MR) is 69.3 cm³/mol. The molecule has 0 saturated heterocycles. The highest BCUT2D eigenvalue weighted by Gasteiger charge is 2.08. The van der Waals surface area contributed by atoms with Crippen LogP contribution in [0.5, 0.6) is 0 Å². The van der Waals surface area contributed by atoms with Gasteiger partial charge in [0.1, 0.15) is 0 Å². The Bertz CT molecular complexity index is 171. The molecule has 1 unspecified atom stereocenters. The summed E-state index contributed by atoms with van der Waals surface area (Å²) >= 11 is 0. The van der Waals surface area contributed by atoms with Crippen LogP contribution in [0.2, 0.25) is 0 Å². The lowest BCUT2D eigenvalue weighted by molar-refractivity contribution is -0.122. The van der Waals surface area contributed by atoms with Crippen LogP contribution >= 0.6 is 0 Å². The van der Waals surface area contributed by atoms with Gasteiger partial charge in [-0.1, -0.05) is 33.1 Å². The molecule has 0 aromatic heterocycles. The zero-order valence-corrected chi connectivity index (χ0v) is 10.9. The van der Waals surface area contributed by atoms with E-state index in [2.05, 4.69) is 19.2 Å². The third-order valence-corrected chi connectivity index (χ3v) is 2.85. The maximum absolute atomic E-state index is 11.6. The number of hydrogen-bond donors (Lipinski definition) is 2. The zero-order valence-electron chi connectivity index (χ0n) is 10.9. The third kappa shape index (κ3) is 8.72. The Morgan fingerprint density at radius 2 is 1.88 bits per heavy atom. The minimum absolute atomic E-state index is 0.216. The van der Waals surface area contributed by atoms with Gasteiger partial charge in [-0.25, -0.2) is 0 Å². The van der Waals surface area contributed by atoms with Gasteiger partial charge in [-0.05, 0) is 32.2 Å². The van der Waals surface area contributed by atoms with Gasteiger partial charge >= 0.3 is 0 Å². The van der Waals surface area contributed by atoms with E-state index in [9.17, 15) is 4.79 Å². The van der Waals surface area contributed by atoms with Gasteiger partial charge in [-0.2, -0.15) is 0 Å². The van der Waals surface area contributed by atoms with Crippen LogP contribution in [0.25, 0.3) is 0 Å². The summed E-state index contributed by atoms with van der Waals surface area (Å²) in [5.41, 5.74) is 5.41. The molecule has 0 heterocycles. The molecule has 96 valence electrons. The molecule has 16 heavy (non-hydrogen) atoms. The van der Waals surface area contributed by atoms with E-state index in [0.717, 1.165) is 51.5 Å². The summed E-state index contributed by atoms with van der Waals surface area (Å²) < 4.78 is 0. The van der Waals surface area contributed by atoms with Crippen LogP contribution in [-0.4, -0.2) is 18.5 Å². The van der Waals surface area contributed by atoms with Gasteiger partial charge in [0.15, 0.2) is 0 Å². The van der Waals surface area contributed by atoms with E-state index in [1.54, 1.807) is 0 Å². The van der Waals surface area contributed by atoms with E-state index >= 15 is 0 Å². The summed E-state index contributed by atoms with van der Waals surface area (Å²) in [6.07, 6.45) is 8.27. The van der Waals surface area contributed by atoms with E-state index in [0.29, 0.717) is 12.5 Å². The molecule has 3 nitrogen and oxygen atoms in total. The number of nitrogens with two attached hydrogens (primary N) is 1. The van der Waals surface area contributed by atoms with Gasteiger partial charge in [0, 0.05) is 12.5 Å². The number of nitrogens with one attached hydrogen (secondary N) is 1. The number of unbranched alkanes of at least 4 members (excludes halogenated alkanes) is 3. The minimum Gasteiger partial charge on any atom is -0.353 e. The fourth-order valence-corrected chi connectivity index (χ4v) is 1.81. The molecular formula is C13H28N2O. The Labute approximate surface area is 100 Å². The smallest absolute Gasteiger partial charge is 0.220 e. The Balaban J connectivity index is 3.48. The average molecular weight is 228 g/mol. The van der Waals surface area contributed by atoms with Crippen molar-refractivity contribution in [2.75, 3.05) is 6.54 Å². The third-order valence-electron chi connectivity index (χ3n) is 2.85. The van der Waals surface area contributed by atoms with Crippen LogP contribution in [0.4, 0.5) is 0 Å². The maximum Gasteiger partial charge on any atom is 0.220 e. The topological polar surface area (TPSA) is 55.1 Å². The van der Waals surface area contributed by atoms with Gasteiger partial charge in [0.2, 0.25) is 5.91 Å². The maximum atomic E-state index is 11.6. The predicted octanol–water partition coefficient (Wildman–Crippen LogP) is 2.59. The van der Waals surface area contributed by atoms with Crippen LogP contribution < -0.4 is 11.1 Å². The fourth-order valence-electron chi connectivity index (χ4n) is 1.81. The number of carbonyl (C=O) groups is 1. The molecule has 0 aromatic rings. The molecule has 3 heteroatoms. The molecule has 0 bridgehead atoms. The molecule has 0 aromatic carbocycles. The average Bonchev–Trinajstić information content (AvgIpc) is 2.28. The minimum atomic E-state index is 0.216. The zero-order chi connectivity index (χ0) is 12.2. The van der Waals surface area contributed by atoms with Gasteiger partial charge in [0.05, 0.1) is 0 Å². The van der Waals surface area contributed by atoms with Crippen molar-refractivity contribution < 1.29 is 4.79 Å². The summed E-state index contributed by atoms with van der Waals surface area (Å²) in [6.45, 7) is 5.05. The SMILES string of the molecule is CCCC(CC)NC(=O)CCCCCCN. The quantitative estimate of drug-likeness (QED) is 0.565. The molecule has 0 radical (unpaired) electrons. The van der Waals surface area contributed by atoms with Gasteiger partial charge < -0.3 is 11.1 Å². The highest BCUT2D eigenvalue weighted by molar-refractivity contribution is 5.76. The second kappa shape index (κ2) is 10.9. The largest absolute Gasteiger partial charge is 0.353 e. The van der Waals surface area contributed by atoms with Crippen molar-refractivity contribution in [1.29, 1.82) is 0 Å². The number of amides is 1. The molecule has 0 aliphatic carbocycles. The number of rotatable bonds is 10. The molecule has 3 N–H and O–H groups in total. The summed E-state index contributed by atoms with van der Waals surface area (Å²) in [4.78, 5) is 11.6. The standard InChI is InChI=1S/C13H28N2O/c1-3-9-12(4-2)15-13(16)10-7-5-6-8-11-14/h12H,3-11,14H2,1-2H3,(H,15,16). The summed E-state index contributed by atoms with van der Waals surface area (Å²) in [7, 11) is 0. The Hall–Kier alpha value is -0.570. The second-order valence-corrected chi connectivity index (χ2v) is 4.41. The first-order chi connectivity index (χ1) is 7.74. The number of carbonyl (C=O) groups excluding carboxylic acids is 1. The van der Waals surface area contributed by atoms with E-state index in [1.807, 2.05) is 0 Å². The molecule has 0 spiro atoms. The molecular weight excluding hydrogens is 200 g/mol. The molecule has 0 aliphatic heterocycles. The first-order valence-corrected chi connectivity index (χ1v) is 6.74. The van der Waals surface area contributed by atoms with Crippen molar-refractivity contribution in [3.05, 3.63) is 0 Å². The monoisotopic (exact) mass is 228 g/mol. The van der Waals surface area contributed by atoms with Crippen molar-refractivity contribution in [3.63, 3.8) is 0 Å². The van der Waals surface area contributed by atoms with E-state index in [4.69, 9.17) is 5.73 Å². The number of hydrogen-bond acceptors (Lipinski definition) is 2. The van der Waals surface area contributed by atoms with Crippen LogP contribution in [-0.2, 0) is 4.79 Å². The lowest BCUT2D eigenvalue weighted by Gasteiger charge is -2.15. The second-order valence-electron chi connectivity index (χ2n) is 4.41. The van der Waals surface area contributed by atoms with Crippen molar-refractivity contribution in [1.82, 2.24) is 5.32 Å². The van der Waals surface area contributed by atoms with E-state index in [1.165, 1.54) is 0 Å². The Morgan fingerprint density at radius 1 is 1.19 bits per heavy atom. The van der Waals surface area contributed by atoms with Crippen molar-refractivity contribution in [3.8, 4) is 0 Å². The highest BCUT2D eigenvalue weighted by Crippen LogP contribution is 2.05. The van der Waals surface area contributed by atoms with Crippen molar-refractivity contribution in [2.45, 2.75) is 71.3 Å². The van der Waals surface area contributed by atoms with Gasteiger partial charge in [0.25, 0.3) is 0 Å². The lowest BCUT2D eigenvalue weighted by Crippen LogP contribution is -2.34. The van der Waals surface area contributed by atoms with Crippen LogP contribution in [0, 0.1) is 0 Å². The molecule has 0 saturated carbocycles. The molecule has 1 amide bonds. The van der Waals surface area contributed by atoms with Crippen LogP contribution in [0.1, 0.15) is 65.2 Å². The lowest BCUT2D eigenvalue weighted by atomic mass is 10.1. The molecule has 0 rings (SSSR count).